The highest BCUT2D eigenvalue weighted by molar-refractivity contribution is 5.74. The lowest BCUT2D eigenvalue weighted by molar-refractivity contribution is 0.144. The minimum Gasteiger partial charge on any atom is -0.331 e. The molecule has 2 aromatic rings. The normalized spacial score (nSPS) is 16.4. The molecule has 1 aliphatic rings. The Hall–Kier alpha value is -2.66. The number of carbonyl (C=O) groups is 1. The number of amides is 2. The van der Waals surface area contributed by atoms with E-state index in [4.69, 9.17) is 0 Å². The molecule has 0 radical (unpaired) electrons. The van der Waals surface area contributed by atoms with Crippen LogP contribution in [0.5, 0.6) is 0 Å². The van der Waals surface area contributed by atoms with Gasteiger partial charge in [-0.25, -0.2) is 4.79 Å². The van der Waals surface area contributed by atoms with Crippen molar-refractivity contribution in [3.63, 3.8) is 0 Å². The van der Waals surface area contributed by atoms with E-state index in [9.17, 15) is 4.79 Å². The van der Waals surface area contributed by atoms with Crippen LogP contribution < -0.4 is 5.32 Å². The lowest BCUT2D eigenvalue weighted by Gasteiger charge is -2.35. The average Bonchev–Trinajstić information content (AvgIpc) is 2.74. The van der Waals surface area contributed by atoms with Crippen LogP contribution in [0.2, 0.25) is 0 Å². The van der Waals surface area contributed by atoms with Crippen LogP contribution >= 0.6 is 0 Å². The Balaban J connectivity index is 1.44. The molecule has 0 saturated carbocycles. The Kier molecular flexibility index (Phi) is 6.99. The highest BCUT2D eigenvalue weighted by Gasteiger charge is 2.22. The van der Waals surface area contributed by atoms with Gasteiger partial charge in [0.15, 0.2) is 0 Å². The van der Waals surface area contributed by atoms with Crippen molar-refractivity contribution >= 4 is 12.1 Å². The van der Waals surface area contributed by atoms with E-state index in [0.717, 1.165) is 44.7 Å². The maximum absolute atomic E-state index is 12.6. The molecular formula is C22H28N4O. The fourth-order valence-electron chi connectivity index (χ4n) is 3.28. The Labute approximate surface area is 161 Å². The zero-order chi connectivity index (χ0) is 18.9. The van der Waals surface area contributed by atoms with E-state index >= 15 is 0 Å². The Morgan fingerprint density at radius 2 is 1.93 bits per heavy atom. The van der Waals surface area contributed by atoms with Crippen molar-refractivity contribution in [1.29, 1.82) is 0 Å². The number of nitrogens with one attached hydrogen (secondary N) is 1. The fraction of sp³-hybridized carbons (Fsp3) is 0.364. The Bertz CT molecular complexity index is 724. The first-order valence-corrected chi connectivity index (χ1v) is 9.65. The molecule has 1 fully saturated rings. The second kappa shape index (κ2) is 9.88. The number of hydrogen-bond acceptors (Lipinski definition) is 3. The summed E-state index contributed by atoms with van der Waals surface area (Å²) in [5.74, 6) is 0. The van der Waals surface area contributed by atoms with E-state index in [1.807, 2.05) is 41.4 Å². The molecule has 0 spiro atoms. The SMILES string of the molecule is CC[C@@H](NC(=O)N1CCN(C/C=C/c2ccccc2)CC1)c1cccnc1. The Morgan fingerprint density at radius 3 is 2.59 bits per heavy atom. The number of piperazine rings is 1. The highest BCUT2D eigenvalue weighted by Crippen LogP contribution is 2.16. The van der Waals surface area contributed by atoms with E-state index < -0.39 is 0 Å². The van der Waals surface area contributed by atoms with Gasteiger partial charge in [0, 0.05) is 45.1 Å². The molecule has 1 aromatic heterocycles. The van der Waals surface area contributed by atoms with Gasteiger partial charge in [0.1, 0.15) is 0 Å². The predicted octanol–water partition coefficient (Wildman–Crippen LogP) is 3.57. The van der Waals surface area contributed by atoms with Crippen LogP contribution in [0.1, 0.15) is 30.5 Å². The standard InChI is InChI=1S/C22H28N4O/c1-2-21(20-11-6-12-23-18-20)24-22(27)26-16-14-25(15-17-26)13-7-10-19-8-4-3-5-9-19/h3-12,18,21H,2,13-17H2,1H3,(H,24,27)/b10-7+/t21-/m1/s1. The molecular weight excluding hydrogens is 336 g/mol. The predicted molar refractivity (Wildman–Crippen MR) is 109 cm³/mol. The first-order chi connectivity index (χ1) is 13.3. The summed E-state index contributed by atoms with van der Waals surface area (Å²) in [7, 11) is 0. The summed E-state index contributed by atoms with van der Waals surface area (Å²) < 4.78 is 0. The molecule has 1 N–H and O–H groups in total. The molecule has 5 heteroatoms. The van der Waals surface area contributed by atoms with Gasteiger partial charge >= 0.3 is 6.03 Å². The number of nitrogens with zero attached hydrogens (tertiary/aromatic N) is 3. The third-order valence-electron chi connectivity index (χ3n) is 4.93. The lowest BCUT2D eigenvalue weighted by atomic mass is 10.1. The van der Waals surface area contributed by atoms with Crippen molar-refractivity contribution in [3.8, 4) is 0 Å². The maximum Gasteiger partial charge on any atom is 0.317 e. The van der Waals surface area contributed by atoms with Gasteiger partial charge in [0.05, 0.1) is 6.04 Å². The van der Waals surface area contributed by atoms with Crippen LogP contribution in [0.4, 0.5) is 4.79 Å². The molecule has 2 heterocycles. The second-order valence-electron chi connectivity index (χ2n) is 6.80. The summed E-state index contributed by atoms with van der Waals surface area (Å²) in [5.41, 5.74) is 2.27. The van der Waals surface area contributed by atoms with Crippen LogP contribution in [0.15, 0.2) is 60.9 Å². The first-order valence-electron chi connectivity index (χ1n) is 9.65. The highest BCUT2D eigenvalue weighted by atomic mass is 16.2. The van der Waals surface area contributed by atoms with E-state index in [2.05, 4.69) is 46.4 Å². The second-order valence-corrected chi connectivity index (χ2v) is 6.80. The molecule has 3 rings (SSSR count). The van der Waals surface area contributed by atoms with E-state index in [1.165, 1.54) is 5.56 Å². The largest absolute Gasteiger partial charge is 0.331 e. The maximum atomic E-state index is 12.6. The molecule has 5 nitrogen and oxygen atoms in total. The summed E-state index contributed by atoms with van der Waals surface area (Å²) >= 11 is 0. The molecule has 27 heavy (non-hydrogen) atoms. The van der Waals surface area contributed by atoms with E-state index in [0.29, 0.717) is 0 Å². The summed E-state index contributed by atoms with van der Waals surface area (Å²) in [5, 5.41) is 3.15. The number of hydrogen-bond donors (Lipinski definition) is 1. The van der Waals surface area contributed by atoms with Gasteiger partial charge in [-0.05, 0) is 23.6 Å². The first kappa shape index (κ1) is 19.1. The van der Waals surface area contributed by atoms with E-state index in [-0.39, 0.29) is 12.1 Å². The number of rotatable bonds is 6. The fourth-order valence-corrected chi connectivity index (χ4v) is 3.28. The minimum absolute atomic E-state index is 0.0121. The molecule has 2 amide bonds. The number of benzene rings is 1. The molecule has 1 aromatic carbocycles. The van der Waals surface area contributed by atoms with Gasteiger partial charge in [-0.15, -0.1) is 0 Å². The van der Waals surface area contributed by atoms with Crippen molar-refractivity contribution in [2.45, 2.75) is 19.4 Å². The van der Waals surface area contributed by atoms with E-state index in [1.54, 1.807) is 6.20 Å². The van der Waals surface area contributed by atoms with Gasteiger partial charge in [-0.1, -0.05) is 55.5 Å². The van der Waals surface area contributed by atoms with Gasteiger partial charge in [-0.2, -0.15) is 0 Å². The number of aromatic nitrogens is 1. The van der Waals surface area contributed by atoms with Gasteiger partial charge in [0.25, 0.3) is 0 Å². The lowest BCUT2D eigenvalue weighted by Crippen LogP contribution is -2.52. The van der Waals surface area contributed by atoms with Crippen molar-refractivity contribution < 1.29 is 4.79 Å². The molecule has 1 saturated heterocycles. The third-order valence-corrected chi connectivity index (χ3v) is 4.93. The van der Waals surface area contributed by atoms with Crippen molar-refractivity contribution in [2.75, 3.05) is 32.7 Å². The summed E-state index contributed by atoms with van der Waals surface area (Å²) in [6.45, 7) is 6.31. The summed E-state index contributed by atoms with van der Waals surface area (Å²) in [6, 6.07) is 14.3. The third kappa shape index (κ3) is 5.66. The molecule has 142 valence electrons. The zero-order valence-corrected chi connectivity index (χ0v) is 15.9. The Morgan fingerprint density at radius 1 is 1.15 bits per heavy atom. The van der Waals surface area contributed by atoms with Crippen molar-refractivity contribution in [1.82, 2.24) is 20.1 Å². The quantitative estimate of drug-likeness (QED) is 0.852. The van der Waals surface area contributed by atoms with Crippen LogP contribution in [-0.4, -0.2) is 53.5 Å². The van der Waals surface area contributed by atoms with Crippen LogP contribution in [0.25, 0.3) is 6.08 Å². The van der Waals surface area contributed by atoms with Crippen LogP contribution in [-0.2, 0) is 0 Å². The molecule has 0 bridgehead atoms. The number of urea groups is 1. The molecule has 0 aliphatic carbocycles. The number of carbonyl (C=O) groups excluding carboxylic acids is 1. The molecule has 1 atom stereocenters. The smallest absolute Gasteiger partial charge is 0.317 e. The monoisotopic (exact) mass is 364 g/mol. The van der Waals surface area contributed by atoms with Crippen molar-refractivity contribution in [3.05, 3.63) is 72.1 Å². The van der Waals surface area contributed by atoms with Crippen molar-refractivity contribution in [2.24, 2.45) is 0 Å². The average molecular weight is 364 g/mol. The van der Waals surface area contributed by atoms with Crippen LogP contribution in [0, 0.1) is 0 Å². The topological polar surface area (TPSA) is 48.5 Å². The molecule has 1 aliphatic heterocycles. The number of pyridine rings is 1. The van der Waals surface area contributed by atoms with Crippen LogP contribution in [0.3, 0.4) is 0 Å². The van der Waals surface area contributed by atoms with Gasteiger partial charge in [0.2, 0.25) is 0 Å². The molecule has 0 unspecified atom stereocenters. The zero-order valence-electron chi connectivity index (χ0n) is 15.9. The van der Waals surface area contributed by atoms with Gasteiger partial charge in [-0.3, -0.25) is 9.88 Å². The summed E-state index contributed by atoms with van der Waals surface area (Å²) in [4.78, 5) is 21.1. The van der Waals surface area contributed by atoms with Gasteiger partial charge < -0.3 is 10.2 Å². The summed E-state index contributed by atoms with van der Waals surface area (Å²) in [6.07, 6.45) is 8.77. The minimum atomic E-state index is 0.0121.